The number of amides is 2. The Balaban J connectivity index is 1.39. The lowest BCUT2D eigenvalue weighted by atomic mass is 9.64. The van der Waals surface area contributed by atoms with E-state index in [1.54, 1.807) is 6.07 Å². The molecule has 3 aliphatic rings. The minimum atomic E-state index is -4.87. The van der Waals surface area contributed by atoms with Crippen LogP contribution in [0.5, 0.6) is 5.75 Å². The molecule has 7 nitrogen and oxygen atoms in total. The summed E-state index contributed by atoms with van der Waals surface area (Å²) in [5.74, 6) is -1.72. The fraction of sp³-hybridized carbons (Fsp3) is 0.404. The van der Waals surface area contributed by atoms with E-state index in [0.29, 0.717) is 55.2 Å². The Morgan fingerprint density at radius 1 is 1.00 bits per heavy atom. The van der Waals surface area contributed by atoms with Crippen molar-refractivity contribution < 1.29 is 42.1 Å². The number of carbonyl (C=O) groups is 2. The molecule has 12 heteroatoms. The molecule has 3 aliphatic carbocycles. The highest BCUT2D eigenvalue weighted by Gasteiger charge is 2.57. The van der Waals surface area contributed by atoms with Crippen molar-refractivity contribution in [2.75, 3.05) is 6.54 Å². The molecule has 2 amide bonds. The smallest absolute Gasteiger partial charge is 0.406 e. The zero-order chi connectivity index (χ0) is 42.5. The minimum Gasteiger partial charge on any atom is -0.406 e. The lowest BCUT2D eigenvalue weighted by Crippen LogP contribution is -2.55. The van der Waals surface area contributed by atoms with Crippen molar-refractivity contribution in [1.82, 2.24) is 10.2 Å². The van der Waals surface area contributed by atoms with Gasteiger partial charge in [-0.2, -0.15) is 0 Å². The zero-order valence-corrected chi connectivity index (χ0v) is 34.3. The number of allylic oxidation sites excluding steroid dienone is 2. The fourth-order valence-corrected chi connectivity index (χ4v) is 9.06. The van der Waals surface area contributed by atoms with Gasteiger partial charge in [0.05, 0.1) is 24.3 Å². The van der Waals surface area contributed by atoms with Crippen molar-refractivity contribution in [3.05, 3.63) is 147 Å². The van der Waals surface area contributed by atoms with E-state index in [2.05, 4.69) is 16.1 Å². The molecule has 0 saturated heterocycles. The van der Waals surface area contributed by atoms with Crippen molar-refractivity contribution in [3.63, 3.8) is 0 Å². The highest BCUT2D eigenvalue weighted by molar-refractivity contribution is 6.31. The SMILES string of the molecule is CC1=CCCC2(C)C(CCC2(O)CN(Cc2ccc(OC(F)(F)F)cc2)C(=O)NC(C)c2ccccc2)c2ccc(cc2C(=O)Cc2c(F)cccc2Cl)CC(O)CC1. The predicted molar refractivity (Wildman–Crippen MR) is 220 cm³/mol. The van der Waals surface area contributed by atoms with Gasteiger partial charge in [0.15, 0.2) is 5.78 Å². The van der Waals surface area contributed by atoms with Gasteiger partial charge in [-0.05, 0) is 117 Å². The van der Waals surface area contributed by atoms with Crippen LogP contribution in [-0.2, 0) is 19.4 Å². The molecule has 7 rings (SSSR count). The number of benzene rings is 4. The number of aliphatic hydroxyl groups excluding tert-OH is 1. The topological polar surface area (TPSA) is 99.1 Å². The van der Waals surface area contributed by atoms with Crippen LogP contribution in [0.4, 0.5) is 22.4 Å². The molecule has 0 spiro atoms. The Bertz CT molecular complexity index is 2130. The molecule has 4 aromatic carbocycles. The van der Waals surface area contributed by atoms with Gasteiger partial charge in [0.1, 0.15) is 11.6 Å². The van der Waals surface area contributed by atoms with Gasteiger partial charge in [-0.3, -0.25) is 4.79 Å². The van der Waals surface area contributed by atoms with Crippen LogP contribution in [0, 0.1) is 11.2 Å². The van der Waals surface area contributed by atoms with Crippen LogP contribution in [0.3, 0.4) is 0 Å². The van der Waals surface area contributed by atoms with Crippen LogP contribution < -0.4 is 10.1 Å². The first-order valence-electron chi connectivity index (χ1n) is 20.0. The molecule has 0 radical (unpaired) electrons. The number of Topliss-reactive ketones (excluding diaryl/α,β-unsaturated/α-hetero) is 1. The number of hydrogen-bond acceptors (Lipinski definition) is 5. The number of nitrogens with zero attached hydrogens (tertiary/aromatic N) is 1. The fourth-order valence-electron chi connectivity index (χ4n) is 8.83. The summed E-state index contributed by atoms with van der Waals surface area (Å²) in [6.07, 6.45) is -0.442. The second kappa shape index (κ2) is 18.3. The Kier molecular flexibility index (Phi) is 13.6. The van der Waals surface area contributed by atoms with Gasteiger partial charge < -0.3 is 25.2 Å². The Labute approximate surface area is 348 Å². The Hall–Kier alpha value is -4.71. The molecule has 0 heterocycles. The quantitative estimate of drug-likeness (QED) is 0.0840. The first kappa shape index (κ1) is 43.9. The maximum atomic E-state index is 15.0. The molecule has 1 fully saturated rings. The lowest BCUT2D eigenvalue weighted by molar-refractivity contribution is -0.274. The summed E-state index contributed by atoms with van der Waals surface area (Å²) in [5.41, 5.74) is 1.94. The van der Waals surface area contributed by atoms with Crippen LogP contribution >= 0.6 is 11.6 Å². The summed E-state index contributed by atoms with van der Waals surface area (Å²) in [6, 6.07) is 23.6. The molecule has 314 valence electrons. The normalized spacial score (nSPS) is 22.8. The van der Waals surface area contributed by atoms with E-state index < -0.39 is 47.1 Å². The first-order valence-corrected chi connectivity index (χ1v) is 20.4. The number of rotatable bonds is 10. The number of carbonyl (C=O) groups excluding carboxylic acids is 2. The Morgan fingerprint density at radius 3 is 2.42 bits per heavy atom. The lowest BCUT2D eigenvalue weighted by Gasteiger charge is -2.46. The second-order valence-corrected chi connectivity index (χ2v) is 16.8. The van der Waals surface area contributed by atoms with E-state index in [-0.39, 0.29) is 48.2 Å². The zero-order valence-electron chi connectivity index (χ0n) is 33.5. The van der Waals surface area contributed by atoms with Gasteiger partial charge in [-0.1, -0.05) is 90.8 Å². The van der Waals surface area contributed by atoms with Crippen molar-refractivity contribution in [3.8, 4) is 5.75 Å². The van der Waals surface area contributed by atoms with Gasteiger partial charge in [-0.15, -0.1) is 13.2 Å². The van der Waals surface area contributed by atoms with E-state index >= 15 is 4.39 Å². The molecule has 0 aromatic heterocycles. The van der Waals surface area contributed by atoms with Crippen molar-refractivity contribution in [2.45, 2.75) is 109 Å². The van der Waals surface area contributed by atoms with Crippen molar-refractivity contribution in [1.29, 1.82) is 0 Å². The van der Waals surface area contributed by atoms with Crippen LogP contribution in [0.2, 0.25) is 5.02 Å². The number of hydrogen-bond donors (Lipinski definition) is 3. The number of urea groups is 1. The summed E-state index contributed by atoms with van der Waals surface area (Å²) >= 11 is 6.38. The van der Waals surface area contributed by atoms with Crippen LogP contribution in [0.25, 0.3) is 0 Å². The van der Waals surface area contributed by atoms with Crippen LogP contribution in [0.15, 0.2) is 103 Å². The maximum absolute atomic E-state index is 15.0. The van der Waals surface area contributed by atoms with Crippen LogP contribution in [0.1, 0.15) is 109 Å². The molecule has 5 atom stereocenters. The van der Waals surface area contributed by atoms with Gasteiger partial charge >= 0.3 is 12.4 Å². The molecule has 5 unspecified atom stereocenters. The first-order chi connectivity index (χ1) is 27.9. The number of ketones is 1. The average molecular weight is 835 g/mol. The van der Waals surface area contributed by atoms with Gasteiger partial charge in [0, 0.05) is 34.5 Å². The van der Waals surface area contributed by atoms with E-state index in [1.165, 1.54) is 47.4 Å². The minimum absolute atomic E-state index is 0.0358. The summed E-state index contributed by atoms with van der Waals surface area (Å²) in [7, 11) is 0. The molecule has 3 N–H and O–H groups in total. The number of fused-ring (bicyclic) bond motifs is 8. The van der Waals surface area contributed by atoms with E-state index in [1.807, 2.05) is 63.2 Å². The highest BCUT2D eigenvalue weighted by Crippen LogP contribution is 2.59. The monoisotopic (exact) mass is 834 g/mol. The summed E-state index contributed by atoms with van der Waals surface area (Å²) in [4.78, 5) is 30.1. The molecule has 1 saturated carbocycles. The molecular formula is C47H51ClF4N2O5. The summed E-state index contributed by atoms with van der Waals surface area (Å²) in [6.45, 7) is 5.69. The molecule has 2 bridgehead atoms. The molecule has 4 aromatic rings. The molecular weight excluding hydrogens is 784 g/mol. The van der Waals surface area contributed by atoms with E-state index in [0.717, 1.165) is 16.7 Å². The third-order valence-electron chi connectivity index (χ3n) is 12.3. The third kappa shape index (κ3) is 10.5. The average Bonchev–Trinajstić information content (AvgIpc) is 3.44. The number of nitrogens with one attached hydrogen (secondary N) is 1. The Morgan fingerprint density at radius 2 is 1.73 bits per heavy atom. The summed E-state index contributed by atoms with van der Waals surface area (Å²) in [5, 5.41) is 27.3. The maximum Gasteiger partial charge on any atom is 0.573 e. The predicted octanol–water partition coefficient (Wildman–Crippen LogP) is 10.8. The van der Waals surface area contributed by atoms with Crippen molar-refractivity contribution in [2.24, 2.45) is 5.41 Å². The molecule has 59 heavy (non-hydrogen) atoms. The number of aliphatic hydroxyl groups is 2. The standard InChI is InChI=1S/C47H51ClF4N2O5/c1-30-9-8-23-45(3)40(37-21-17-33(25-35(55)18-14-30)26-38(37)43(56)27-39-41(48)12-7-13-42(39)49)22-24-46(45,58)29-54(44(57)53-31(2)34-10-5-4-6-11-34)28-32-15-19-36(20-16-32)59-47(50,51)52/h4-7,9-13,15-17,19-21,26,31,35,40,55,58H,8,14,18,22-25,27-29H2,1-3H3,(H,53,57). The van der Waals surface area contributed by atoms with E-state index in [9.17, 15) is 33.0 Å². The molecule has 0 aliphatic heterocycles. The van der Waals surface area contributed by atoms with Gasteiger partial charge in [-0.25, -0.2) is 9.18 Å². The van der Waals surface area contributed by atoms with E-state index in [4.69, 9.17) is 11.6 Å². The van der Waals surface area contributed by atoms with Gasteiger partial charge in [0.25, 0.3) is 0 Å². The summed E-state index contributed by atoms with van der Waals surface area (Å²) < 4.78 is 58.0. The van der Waals surface area contributed by atoms with Crippen LogP contribution in [-0.4, -0.2) is 51.5 Å². The number of ether oxygens (including phenoxy) is 1. The van der Waals surface area contributed by atoms with Gasteiger partial charge in [0.2, 0.25) is 0 Å². The third-order valence-corrected chi connectivity index (χ3v) is 12.6. The van der Waals surface area contributed by atoms with Crippen molar-refractivity contribution >= 4 is 23.4 Å². The second-order valence-electron chi connectivity index (χ2n) is 16.4. The highest BCUT2D eigenvalue weighted by atomic mass is 35.5. The number of halogens is 5. The largest absolute Gasteiger partial charge is 0.573 e. The number of alkyl halides is 3.